The summed E-state index contributed by atoms with van der Waals surface area (Å²) >= 11 is 0. The fourth-order valence-corrected chi connectivity index (χ4v) is 1.53. The van der Waals surface area contributed by atoms with Crippen LogP contribution in [0.25, 0.3) is 0 Å². The van der Waals surface area contributed by atoms with Crippen LogP contribution in [0, 0.1) is 0 Å². The SMILES string of the molecule is COc1ccc(NC(=O)c2ccco2)c(C(=O)O)c1. The molecule has 0 fully saturated rings. The molecule has 6 heteroatoms. The molecule has 0 spiro atoms. The van der Waals surface area contributed by atoms with Crippen LogP contribution in [0.4, 0.5) is 5.69 Å². The third-order valence-corrected chi connectivity index (χ3v) is 2.45. The Bertz CT molecular complexity index is 604. The number of methoxy groups -OCH3 is 1. The lowest BCUT2D eigenvalue weighted by molar-refractivity contribution is 0.0697. The van der Waals surface area contributed by atoms with E-state index < -0.39 is 11.9 Å². The predicted molar refractivity (Wildman–Crippen MR) is 66.6 cm³/mol. The Morgan fingerprint density at radius 1 is 1.32 bits per heavy atom. The summed E-state index contributed by atoms with van der Waals surface area (Å²) in [5.41, 5.74) is 0.119. The average molecular weight is 261 g/mol. The van der Waals surface area contributed by atoms with Crippen molar-refractivity contribution in [1.82, 2.24) is 0 Å². The Kier molecular flexibility index (Phi) is 3.51. The topological polar surface area (TPSA) is 88.8 Å². The standard InChI is InChI=1S/C13H11NO5/c1-18-8-4-5-10(9(7-8)13(16)17)14-12(15)11-3-2-6-19-11/h2-7H,1H3,(H,14,15)(H,16,17). The largest absolute Gasteiger partial charge is 0.497 e. The van der Waals surface area contributed by atoms with E-state index in [1.165, 1.54) is 31.6 Å². The van der Waals surface area contributed by atoms with Gasteiger partial charge in [0.1, 0.15) is 5.75 Å². The van der Waals surface area contributed by atoms with Gasteiger partial charge in [0, 0.05) is 0 Å². The maximum atomic E-state index is 11.8. The summed E-state index contributed by atoms with van der Waals surface area (Å²) in [7, 11) is 1.43. The van der Waals surface area contributed by atoms with Crippen LogP contribution in [-0.4, -0.2) is 24.1 Å². The second-order valence-corrected chi connectivity index (χ2v) is 3.65. The second-order valence-electron chi connectivity index (χ2n) is 3.65. The number of aromatic carboxylic acids is 1. The molecule has 0 saturated heterocycles. The van der Waals surface area contributed by atoms with Crippen molar-refractivity contribution in [3.05, 3.63) is 47.9 Å². The van der Waals surface area contributed by atoms with Gasteiger partial charge in [-0.05, 0) is 30.3 Å². The number of ether oxygens (including phenoxy) is 1. The van der Waals surface area contributed by atoms with Crippen molar-refractivity contribution in [3.63, 3.8) is 0 Å². The molecule has 1 heterocycles. The fourth-order valence-electron chi connectivity index (χ4n) is 1.53. The molecule has 0 unspecified atom stereocenters. The Balaban J connectivity index is 2.29. The molecule has 0 aliphatic rings. The van der Waals surface area contributed by atoms with Crippen molar-refractivity contribution < 1.29 is 23.8 Å². The second kappa shape index (κ2) is 5.26. The van der Waals surface area contributed by atoms with E-state index >= 15 is 0 Å². The van der Waals surface area contributed by atoms with Gasteiger partial charge in [-0.15, -0.1) is 0 Å². The first-order chi connectivity index (χ1) is 9.11. The van der Waals surface area contributed by atoms with Crippen molar-refractivity contribution in [2.24, 2.45) is 0 Å². The Hall–Kier alpha value is -2.76. The highest BCUT2D eigenvalue weighted by atomic mass is 16.5. The summed E-state index contributed by atoms with van der Waals surface area (Å²) in [6, 6.07) is 7.41. The molecule has 1 aromatic carbocycles. The highest BCUT2D eigenvalue weighted by Crippen LogP contribution is 2.22. The molecular weight excluding hydrogens is 250 g/mol. The summed E-state index contributed by atoms with van der Waals surface area (Å²) < 4.78 is 9.87. The van der Waals surface area contributed by atoms with Crippen LogP contribution >= 0.6 is 0 Å². The maximum Gasteiger partial charge on any atom is 0.337 e. The van der Waals surface area contributed by atoms with E-state index in [-0.39, 0.29) is 17.0 Å². The summed E-state index contributed by atoms with van der Waals surface area (Å²) in [4.78, 5) is 22.9. The molecule has 0 aliphatic heterocycles. The smallest absolute Gasteiger partial charge is 0.337 e. The van der Waals surface area contributed by atoms with Crippen LogP contribution < -0.4 is 10.1 Å². The molecule has 0 bridgehead atoms. The molecule has 0 aliphatic carbocycles. The highest BCUT2D eigenvalue weighted by molar-refractivity contribution is 6.06. The van der Waals surface area contributed by atoms with Gasteiger partial charge in [0.2, 0.25) is 0 Å². The molecule has 2 rings (SSSR count). The number of hydrogen-bond acceptors (Lipinski definition) is 4. The third-order valence-electron chi connectivity index (χ3n) is 2.45. The molecule has 2 aromatic rings. The lowest BCUT2D eigenvalue weighted by Gasteiger charge is -2.09. The van der Waals surface area contributed by atoms with Gasteiger partial charge in [-0.3, -0.25) is 4.79 Å². The molecule has 1 amide bonds. The predicted octanol–water partition coefficient (Wildman–Crippen LogP) is 2.24. The van der Waals surface area contributed by atoms with Gasteiger partial charge in [0.05, 0.1) is 24.6 Å². The summed E-state index contributed by atoms with van der Waals surface area (Å²) in [6.45, 7) is 0. The zero-order valence-corrected chi connectivity index (χ0v) is 10.0. The number of carboxylic acid groups (broad SMARTS) is 1. The normalized spacial score (nSPS) is 9.95. The molecule has 1 aromatic heterocycles. The minimum Gasteiger partial charge on any atom is -0.497 e. The van der Waals surface area contributed by atoms with E-state index in [1.807, 2.05) is 0 Å². The van der Waals surface area contributed by atoms with E-state index in [9.17, 15) is 9.59 Å². The molecule has 2 N–H and O–H groups in total. The van der Waals surface area contributed by atoms with E-state index in [4.69, 9.17) is 14.3 Å². The summed E-state index contributed by atoms with van der Waals surface area (Å²) in [6.07, 6.45) is 1.36. The summed E-state index contributed by atoms with van der Waals surface area (Å²) in [5, 5.41) is 11.6. The lowest BCUT2D eigenvalue weighted by atomic mass is 10.1. The van der Waals surface area contributed by atoms with Gasteiger partial charge >= 0.3 is 5.97 Å². The minimum atomic E-state index is -1.16. The van der Waals surface area contributed by atoms with Crippen LogP contribution in [-0.2, 0) is 0 Å². The number of amides is 1. The number of furan rings is 1. The monoisotopic (exact) mass is 261 g/mol. The van der Waals surface area contributed by atoms with Crippen molar-refractivity contribution in [2.45, 2.75) is 0 Å². The fraction of sp³-hybridized carbons (Fsp3) is 0.0769. The third kappa shape index (κ3) is 2.74. The molecule has 0 atom stereocenters. The van der Waals surface area contributed by atoms with Crippen molar-refractivity contribution in [2.75, 3.05) is 12.4 Å². The Morgan fingerprint density at radius 3 is 2.68 bits per heavy atom. The van der Waals surface area contributed by atoms with Gasteiger partial charge in [-0.2, -0.15) is 0 Å². The molecule has 0 saturated carbocycles. The van der Waals surface area contributed by atoms with Crippen LogP contribution in [0.1, 0.15) is 20.9 Å². The number of carbonyl (C=O) groups excluding carboxylic acids is 1. The number of carbonyl (C=O) groups is 2. The van der Waals surface area contributed by atoms with Crippen molar-refractivity contribution in [1.29, 1.82) is 0 Å². The number of hydrogen-bond donors (Lipinski definition) is 2. The van der Waals surface area contributed by atoms with Crippen LogP contribution in [0.2, 0.25) is 0 Å². The first-order valence-corrected chi connectivity index (χ1v) is 5.38. The lowest BCUT2D eigenvalue weighted by Crippen LogP contribution is -2.14. The average Bonchev–Trinajstić information content (AvgIpc) is 2.92. The zero-order chi connectivity index (χ0) is 13.8. The maximum absolute atomic E-state index is 11.8. The quantitative estimate of drug-likeness (QED) is 0.881. The number of anilines is 1. The van der Waals surface area contributed by atoms with Crippen LogP contribution in [0.15, 0.2) is 41.0 Å². The zero-order valence-electron chi connectivity index (χ0n) is 10.0. The van der Waals surface area contributed by atoms with E-state index in [0.717, 1.165) is 0 Å². The van der Waals surface area contributed by atoms with Crippen molar-refractivity contribution >= 4 is 17.6 Å². The Morgan fingerprint density at radius 2 is 2.11 bits per heavy atom. The van der Waals surface area contributed by atoms with Gasteiger partial charge in [0.15, 0.2) is 5.76 Å². The number of rotatable bonds is 4. The first-order valence-electron chi connectivity index (χ1n) is 5.38. The van der Waals surface area contributed by atoms with Gasteiger partial charge in [0.25, 0.3) is 5.91 Å². The molecular formula is C13H11NO5. The molecule has 6 nitrogen and oxygen atoms in total. The first kappa shape index (κ1) is 12.7. The number of benzene rings is 1. The van der Waals surface area contributed by atoms with E-state index in [0.29, 0.717) is 5.75 Å². The Labute approximate surface area is 108 Å². The minimum absolute atomic E-state index is 0.0562. The van der Waals surface area contributed by atoms with Crippen molar-refractivity contribution in [3.8, 4) is 5.75 Å². The van der Waals surface area contributed by atoms with Gasteiger partial charge < -0.3 is 19.6 Å². The number of nitrogens with one attached hydrogen (secondary N) is 1. The van der Waals surface area contributed by atoms with Crippen LogP contribution in [0.5, 0.6) is 5.75 Å². The van der Waals surface area contributed by atoms with Crippen LogP contribution in [0.3, 0.4) is 0 Å². The summed E-state index contributed by atoms with van der Waals surface area (Å²) in [5.74, 6) is -1.17. The molecule has 0 radical (unpaired) electrons. The van der Waals surface area contributed by atoms with E-state index in [2.05, 4.69) is 5.32 Å². The van der Waals surface area contributed by atoms with Gasteiger partial charge in [-0.1, -0.05) is 0 Å². The molecule has 98 valence electrons. The molecule has 19 heavy (non-hydrogen) atoms. The highest BCUT2D eigenvalue weighted by Gasteiger charge is 2.15. The van der Waals surface area contributed by atoms with E-state index in [1.54, 1.807) is 12.1 Å². The van der Waals surface area contributed by atoms with Gasteiger partial charge in [-0.25, -0.2) is 4.79 Å². The number of carboxylic acids is 1.